The normalized spacial score (nSPS) is 25.1. The molecule has 3 atom stereocenters. The van der Waals surface area contributed by atoms with Crippen molar-refractivity contribution in [2.75, 3.05) is 4.90 Å². The summed E-state index contributed by atoms with van der Waals surface area (Å²) < 4.78 is 0. The lowest BCUT2D eigenvalue weighted by molar-refractivity contribution is -0.117. The van der Waals surface area contributed by atoms with Gasteiger partial charge in [0.1, 0.15) is 0 Å². The zero-order valence-electron chi connectivity index (χ0n) is 12.9. The van der Waals surface area contributed by atoms with Gasteiger partial charge in [-0.2, -0.15) is 0 Å². The molecule has 4 rings (SSSR count). The highest BCUT2D eigenvalue weighted by Crippen LogP contribution is 2.52. The molecular weight excluding hydrogens is 306 g/mol. The summed E-state index contributed by atoms with van der Waals surface area (Å²) in [5, 5.41) is 0.723. The maximum Gasteiger partial charge on any atom is 0.224 e. The molecule has 0 spiro atoms. The van der Waals surface area contributed by atoms with Crippen LogP contribution >= 0.6 is 11.6 Å². The molecule has 23 heavy (non-hydrogen) atoms. The Balaban J connectivity index is 1.90. The minimum atomic E-state index is 0.0552. The monoisotopic (exact) mass is 323 g/mol. The molecule has 0 saturated heterocycles. The van der Waals surface area contributed by atoms with Gasteiger partial charge in [0.05, 0.1) is 6.04 Å². The Labute approximate surface area is 141 Å². The number of rotatable bonds is 1. The van der Waals surface area contributed by atoms with Crippen LogP contribution in [0.1, 0.15) is 36.4 Å². The van der Waals surface area contributed by atoms with Crippen LogP contribution in [-0.2, 0) is 4.79 Å². The van der Waals surface area contributed by atoms with E-state index in [0.29, 0.717) is 11.8 Å². The summed E-state index contributed by atoms with van der Waals surface area (Å²) in [6.45, 7) is 1.66. The average molecular weight is 324 g/mol. The van der Waals surface area contributed by atoms with Crippen molar-refractivity contribution in [3.05, 3.63) is 76.8 Å². The fourth-order valence-corrected chi connectivity index (χ4v) is 4.21. The van der Waals surface area contributed by atoms with Gasteiger partial charge in [-0.1, -0.05) is 54.1 Å². The average Bonchev–Trinajstić information content (AvgIpc) is 3.04. The number of amides is 1. The number of fused-ring (bicyclic) bond motifs is 3. The van der Waals surface area contributed by atoms with Gasteiger partial charge >= 0.3 is 0 Å². The van der Waals surface area contributed by atoms with Gasteiger partial charge in [0.25, 0.3) is 0 Å². The molecule has 0 aromatic heterocycles. The summed E-state index contributed by atoms with van der Waals surface area (Å²) in [5.41, 5.74) is 3.44. The molecule has 2 nitrogen and oxygen atoms in total. The van der Waals surface area contributed by atoms with Crippen molar-refractivity contribution in [2.45, 2.75) is 25.3 Å². The number of nitrogens with zero attached hydrogens (tertiary/aromatic N) is 1. The largest absolute Gasteiger partial charge is 0.305 e. The molecule has 2 aromatic carbocycles. The summed E-state index contributed by atoms with van der Waals surface area (Å²) in [6, 6.07) is 16.2. The Morgan fingerprint density at radius 1 is 1.13 bits per heavy atom. The lowest BCUT2D eigenvalue weighted by atomic mass is 9.75. The maximum atomic E-state index is 12.5. The van der Waals surface area contributed by atoms with E-state index < -0.39 is 0 Å². The minimum absolute atomic E-state index is 0.0552. The van der Waals surface area contributed by atoms with Crippen LogP contribution in [0.2, 0.25) is 5.02 Å². The van der Waals surface area contributed by atoms with Gasteiger partial charge in [0.2, 0.25) is 5.91 Å². The molecule has 0 saturated carbocycles. The lowest BCUT2D eigenvalue weighted by Gasteiger charge is -2.44. The van der Waals surface area contributed by atoms with E-state index in [1.54, 1.807) is 6.92 Å². The van der Waals surface area contributed by atoms with Crippen molar-refractivity contribution < 1.29 is 4.79 Å². The Morgan fingerprint density at radius 2 is 1.87 bits per heavy atom. The van der Waals surface area contributed by atoms with Gasteiger partial charge in [-0.3, -0.25) is 4.79 Å². The standard InChI is InChI=1S/C20H18ClNO/c1-13(23)22-19-8-3-2-5-17(19)16-6-4-7-18(16)20(22)14-9-11-15(21)12-10-14/h2-6,8-12,16,18,20H,7H2,1H3/t16-,18-,20-/m1/s1. The molecule has 0 unspecified atom stereocenters. The van der Waals surface area contributed by atoms with Crippen LogP contribution in [-0.4, -0.2) is 5.91 Å². The molecule has 2 aliphatic rings. The molecule has 2 aromatic rings. The lowest BCUT2D eigenvalue weighted by Crippen LogP contribution is -2.42. The fraction of sp³-hybridized carbons (Fsp3) is 0.250. The Hall–Kier alpha value is -2.06. The molecule has 1 aliphatic carbocycles. The first-order chi connectivity index (χ1) is 11.2. The van der Waals surface area contributed by atoms with Gasteiger partial charge in [-0.15, -0.1) is 0 Å². The maximum absolute atomic E-state index is 12.5. The van der Waals surface area contributed by atoms with Crippen molar-refractivity contribution in [3.63, 3.8) is 0 Å². The predicted molar refractivity (Wildman–Crippen MR) is 93.8 cm³/mol. The second-order valence-corrected chi connectivity index (χ2v) is 6.73. The van der Waals surface area contributed by atoms with E-state index in [9.17, 15) is 4.79 Å². The van der Waals surface area contributed by atoms with Gasteiger partial charge < -0.3 is 4.90 Å². The number of hydrogen-bond donors (Lipinski definition) is 0. The highest BCUT2D eigenvalue weighted by Gasteiger charge is 2.43. The molecule has 1 amide bonds. The number of allylic oxidation sites excluding steroid dienone is 2. The summed E-state index contributed by atoms with van der Waals surface area (Å²) in [4.78, 5) is 14.4. The number of hydrogen-bond acceptors (Lipinski definition) is 1. The molecule has 1 heterocycles. The van der Waals surface area contributed by atoms with Gasteiger partial charge in [0, 0.05) is 23.6 Å². The predicted octanol–water partition coefficient (Wildman–Crippen LogP) is 5.11. The van der Waals surface area contributed by atoms with Crippen molar-refractivity contribution >= 4 is 23.2 Å². The minimum Gasteiger partial charge on any atom is -0.305 e. The van der Waals surface area contributed by atoms with Crippen molar-refractivity contribution in [1.29, 1.82) is 0 Å². The molecule has 0 bridgehead atoms. The van der Waals surface area contributed by atoms with Crippen LogP contribution in [0.5, 0.6) is 0 Å². The first-order valence-electron chi connectivity index (χ1n) is 7.97. The second-order valence-electron chi connectivity index (χ2n) is 6.30. The number of para-hydroxylation sites is 1. The smallest absolute Gasteiger partial charge is 0.224 e. The van der Waals surface area contributed by atoms with E-state index in [0.717, 1.165) is 22.7 Å². The van der Waals surface area contributed by atoms with E-state index in [4.69, 9.17) is 11.6 Å². The number of anilines is 1. The van der Waals surface area contributed by atoms with Crippen molar-refractivity contribution in [3.8, 4) is 0 Å². The molecule has 0 radical (unpaired) electrons. The first-order valence-corrected chi connectivity index (χ1v) is 8.35. The second kappa shape index (κ2) is 5.54. The topological polar surface area (TPSA) is 20.3 Å². The van der Waals surface area contributed by atoms with Crippen molar-refractivity contribution in [1.82, 2.24) is 0 Å². The molecule has 0 fully saturated rings. The number of halogens is 1. The third-order valence-electron chi connectivity index (χ3n) is 5.00. The molecule has 1 aliphatic heterocycles. The molecular formula is C20H18ClNO. The zero-order valence-corrected chi connectivity index (χ0v) is 13.7. The van der Waals surface area contributed by atoms with Crippen LogP contribution in [0.15, 0.2) is 60.7 Å². The Kier molecular flexibility index (Phi) is 3.50. The summed E-state index contributed by atoms with van der Waals surface area (Å²) in [6.07, 6.45) is 5.54. The van der Waals surface area contributed by atoms with Crippen LogP contribution in [0.25, 0.3) is 0 Å². The highest BCUT2D eigenvalue weighted by atomic mass is 35.5. The summed E-state index contributed by atoms with van der Waals surface area (Å²) in [5.74, 6) is 0.847. The zero-order chi connectivity index (χ0) is 16.0. The van der Waals surface area contributed by atoms with E-state index in [-0.39, 0.29) is 11.9 Å². The number of carbonyl (C=O) groups is 1. The molecule has 116 valence electrons. The van der Waals surface area contributed by atoms with E-state index in [1.165, 1.54) is 5.56 Å². The third kappa shape index (κ3) is 2.29. The number of carbonyl (C=O) groups excluding carboxylic acids is 1. The van der Waals surface area contributed by atoms with Crippen LogP contribution in [0.4, 0.5) is 5.69 Å². The summed E-state index contributed by atoms with van der Waals surface area (Å²) in [7, 11) is 0. The van der Waals surface area contributed by atoms with Crippen molar-refractivity contribution in [2.24, 2.45) is 5.92 Å². The van der Waals surface area contributed by atoms with Crippen LogP contribution in [0.3, 0.4) is 0 Å². The van der Waals surface area contributed by atoms with Gasteiger partial charge in [0.15, 0.2) is 0 Å². The van der Waals surface area contributed by atoms with E-state index in [1.807, 2.05) is 35.2 Å². The quantitative estimate of drug-likeness (QED) is 0.668. The van der Waals surface area contributed by atoms with Crippen LogP contribution in [0, 0.1) is 5.92 Å². The summed E-state index contributed by atoms with van der Waals surface area (Å²) >= 11 is 6.05. The molecule has 0 N–H and O–H groups in total. The Bertz CT molecular complexity index is 780. The van der Waals surface area contributed by atoms with E-state index >= 15 is 0 Å². The highest BCUT2D eigenvalue weighted by molar-refractivity contribution is 6.30. The van der Waals surface area contributed by atoms with Crippen LogP contribution < -0.4 is 4.90 Å². The van der Waals surface area contributed by atoms with Gasteiger partial charge in [-0.05, 0) is 41.7 Å². The third-order valence-corrected chi connectivity index (χ3v) is 5.25. The SMILES string of the molecule is CC(=O)N1c2ccccc2[C@H]2C=CC[C@H]2[C@H]1c1ccc(Cl)cc1. The molecule has 3 heteroatoms. The first kappa shape index (κ1) is 14.5. The fourth-order valence-electron chi connectivity index (χ4n) is 4.08. The van der Waals surface area contributed by atoms with E-state index in [2.05, 4.69) is 30.4 Å². The van der Waals surface area contributed by atoms with Gasteiger partial charge in [-0.25, -0.2) is 0 Å². The Morgan fingerprint density at radius 3 is 2.61 bits per heavy atom. The number of benzene rings is 2.